The molecule has 0 unspecified atom stereocenters. The number of hydrogen-bond donors (Lipinski definition) is 3. The molecule has 0 aliphatic carbocycles. The molecule has 0 amide bonds. The predicted octanol–water partition coefficient (Wildman–Crippen LogP) is 3.12. The monoisotopic (exact) mass is 394 g/mol. The number of benzene rings is 2. The number of anilines is 2. The van der Waals surface area contributed by atoms with Gasteiger partial charge in [-0.3, -0.25) is 36.2 Å². The highest BCUT2D eigenvalue weighted by atomic mass is 16.6. The van der Waals surface area contributed by atoms with E-state index >= 15 is 0 Å². The minimum absolute atomic E-state index is 0.00686. The molecular weight excluding hydrogens is 380 g/mol. The molecule has 0 saturated carbocycles. The molecule has 0 aliphatic rings. The molecule has 0 fully saturated rings. The summed E-state index contributed by atoms with van der Waals surface area (Å²) >= 11 is 0. The van der Waals surface area contributed by atoms with E-state index in [-0.39, 0.29) is 11.4 Å². The zero-order valence-electron chi connectivity index (χ0n) is 14.7. The number of H-pyrrole nitrogens is 1. The van der Waals surface area contributed by atoms with Gasteiger partial charge in [-0.2, -0.15) is 15.3 Å². The van der Waals surface area contributed by atoms with E-state index in [2.05, 4.69) is 31.3 Å². The van der Waals surface area contributed by atoms with E-state index in [0.717, 1.165) is 0 Å². The van der Waals surface area contributed by atoms with Gasteiger partial charge in [0.25, 0.3) is 11.4 Å². The van der Waals surface area contributed by atoms with E-state index in [1.54, 1.807) is 30.3 Å². The predicted molar refractivity (Wildman–Crippen MR) is 107 cm³/mol. The molecule has 0 radical (unpaired) electrons. The van der Waals surface area contributed by atoms with E-state index in [0.29, 0.717) is 22.8 Å². The Morgan fingerprint density at radius 1 is 0.828 bits per heavy atom. The van der Waals surface area contributed by atoms with Crippen LogP contribution < -0.4 is 10.9 Å². The molecule has 0 saturated heterocycles. The Bertz CT molecular complexity index is 974. The van der Waals surface area contributed by atoms with Crippen LogP contribution in [0.2, 0.25) is 0 Å². The summed E-state index contributed by atoms with van der Waals surface area (Å²) in [6.07, 6.45) is 3.00. The number of nitro benzene ring substituents is 2. The Balaban J connectivity index is 1.51. The van der Waals surface area contributed by atoms with Crippen LogP contribution in [-0.2, 0) is 0 Å². The van der Waals surface area contributed by atoms with Crippen molar-refractivity contribution in [2.45, 2.75) is 0 Å². The van der Waals surface area contributed by atoms with E-state index in [9.17, 15) is 20.2 Å². The summed E-state index contributed by atoms with van der Waals surface area (Å²) in [6.45, 7) is 0. The first kappa shape index (κ1) is 19.2. The maximum absolute atomic E-state index is 10.6. The number of nitro groups is 2. The lowest BCUT2D eigenvalue weighted by molar-refractivity contribution is -0.385. The molecule has 146 valence electrons. The molecule has 29 heavy (non-hydrogen) atoms. The van der Waals surface area contributed by atoms with Crippen molar-refractivity contribution in [1.29, 1.82) is 0 Å². The van der Waals surface area contributed by atoms with Crippen LogP contribution in [-0.4, -0.2) is 32.5 Å². The first-order valence-electron chi connectivity index (χ1n) is 8.14. The summed E-state index contributed by atoms with van der Waals surface area (Å²) in [7, 11) is 0. The summed E-state index contributed by atoms with van der Waals surface area (Å²) in [5.74, 6) is 0.924. The Hall–Kier alpha value is -4.61. The molecule has 3 aromatic rings. The van der Waals surface area contributed by atoms with Gasteiger partial charge in [0, 0.05) is 30.3 Å². The number of aromatic amines is 1. The van der Waals surface area contributed by atoms with Gasteiger partial charge in [0.2, 0.25) is 0 Å². The summed E-state index contributed by atoms with van der Waals surface area (Å²) in [6, 6.07) is 13.5. The van der Waals surface area contributed by atoms with Crippen LogP contribution in [0, 0.1) is 20.2 Å². The van der Waals surface area contributed by atoms with E-state index < -0.39 is 9.85 Å². The van der Waals surface area contributed by atoms with Gasteiger partial charge in [0.05, 0.1) is 22.3 Å². The average Bonchev–Trinajstić information content (AvgIpc) is 3.16. The second-order valence-corrected chi connectivity index (χ2v) is 5.60. The largest absolute Gasteiger partial charge is 0.269 e. The fraction of sp³-hybridized carbons (Fsp3) is 0. The maximum Gasteiger partial charge on any atom is 0.269 e. The molecular formula is C17H14N8O4. The van der Waals surface area contributed by atoms with Crippen LogP contribution in [0.15, 0.2) is 64.8 Å². The van der Waals surface area contributed by atoms with Crippen molar-refractivity contribution < 1.29 is 9.85 Å². The topological polar surface area (TPSA) is 164 Å². The van der Waals surface area contributed by atoms with Crippen LogP contribution in [0.25, 0.3) is 0 Å². The second-order valence-electron chi connectivity index (χ2n) is 5.60. The number of rotatable bonds is 8. The Kier molecular flexibility index (Phi) is 5.85. The van der Waals surface area contributed by atoms with E-state index in [1.165, 1.54) is 36.7 Å². The number of nitrogens with zero attached hydrogens (tertiary/aromatic N) is 5. The molecule has 0 atom stereocenters. The molecule has 3 rings (SSSR count). The zero-order chi connectivity index (χ0) is 20.6. The van der Waals surface area contributed by atoms with E-state index in [1.807, 2.05) is 0 Å². The number of non-ortho nitro benzene ring substituents is 2. The molecule has 12 heteroatoms. The highest BCUT2D eigenvalue weighted by Crippen LogP contribution is 2.13. The first-order valence-corrected chi connectivity index (χ1v) is 8.14. The third-order valence-electron chi connectivity index (χ3n) is 3.58. The minimum Gasteiger partial charge on any atom is -0.262 e. The van der Waals surface area contributed by atoms with Gasteiger partial charge >= 0.3 is 0 Å². The molecule has 0 aliphatic heterocycles. The van der Waals surface area contributed by atoms with Crippen molar-refractivity contribution in [1.82, 2.24) is 10.2 Å². The van der Waals surface area contributed by atoms with Crippen molar-refractivity contribution in [3.63, 3.8) is 0 Å². The lowest BCUT2D eigenvalue weighted by Crippen LogP contribution is -1.92. The third kappa shape index (κ3) is 5.43. The minimum atomic E-state index is -0.471. The summed E-state index contributed by atoms with van der Waals surface area (Å²) in [4.78, 5) is 20.3. The van der Waals surface area contributed by atoms with Crippen molar-refractivity contribution >= 4 is 35.4 Å². The molecule has 0 bridgehead atoms. The molecule has 1 heterocycles. The van der Waals surface area contributed by atoms with Crippen LogP contribution in [0.4, 0.5) is 23.0 Å². The zero-order valence-corrected chi connectivity index (χ0v) is 14.7. The summed E-state index contributed by atoms with van der Waals surface area (Å²) < 4.78 is 0. The van der Waals surface area contributed by atoms with Crippen molar-refractivity contribution in [2.75, 3.05) is 10.9 Å². The highest BCUT2D eigenvalue weighted by Gasteiger charge is 2.04. The number of nitrogens with one attached hydrogen (secondary N) is 3. The third-order valence-corrected chi connectivity index (χ3v) is 3.58. The Morgan fingerprint density at radius 3 is 1.79 bits per heavy atom. The van der Waals surface area contributed by atoms with Gasteiger partial charge < -0.3 is 0 Å². The van der Waals surface area contributed by atoms with Gasteiger partial charge in [-0.05, 0) is 35.4 Å². The Morgan fingerprint density at radius 2 is 1.31 bits per heavy atom. The highest BCUT2D eigenvalue weighted by molar-refractivity contribution is 5.81. The number of aromatic nitrogens is 2. The fourth-order valence-corrected chi connectivity index (χ4v) is 2.15. The quantitative estimate of drug-likeness (QED) is 0.300. The number of hydrazone groups is 2. The van der Waals surface area contributed by atoms with Crippen molar-refractivity contribution in [2.24, 2.45) is 10.2 Å². The van der Waals surface area contributed by atoms with Crippen molar-refractivity contribution in [3.05, 3.63) is 86.0 Å². The van der Waals surface area contributed by atoms with Gasteiger partial charge in [-0.1, -0.05) is 0 Å². The molecule has 2 aromatic carbocycles. The Labute approximate surface area is 163 Å². The van der Waals surface area contributed by atoms with Gasteiger partial charge in [0.1, 0.15) is 5.82 Å². The van der Waals surface area contributed by atoms with Crippen LogP contribution in [0.1, 0.15) is 11.1 Å². The van der Waals surface area contributed by atoms with Gasteiger partial charge in [-0.25, -0.2) is 0 Å². The average molecular weight is 394 g/mol. The lowest BCUT2D eigenvalue weighted by Gasteiger charge is -1.95. The van der Waals surface area contributed by atoms with E-state index in [4.69, 9.17) is 0 Å². The van der Waals surface area contributed by atoms with Gasteiger partial charge in [-0.15, -0.1) is 0 Å². The molecule has 12 nitrogen and oxygen atoms in total. The maximum atomic E-state index is 10.6. The normalized spacial score (nSPS) is 11.0. The van der Waals surface area contributed by atoms with Crippen LogP contribution in [0.5, 0.6) is 0 Å². The van der Waals surface area contributed by atoms with Crippen LogP contribution in [0.3, 0.4) is 0 Å². The molecule has 1 aromatic heterocycles. The first-order chi connectivity index (χ1) is 14.0. The SMILES string of the molecule is O=[N+]([O-])c1ccc(/C=N/Nc2cc(N/N=C/c3ccc([N+](=O)[O-])cc3)[nH]n2)cc1. The van der Waals surface area contributed by atoms with Gasteiger partial charge in [0.15, 0.2) is 5.82 Å². The smallest absolute Gasteiger partial charge is 0.262 e. The fourth-order valence-electron chi connectivity index (χ4n) is 2.15. The lowest BCUT2D eigenvalue weighted by atomic mass is 10.2. The standard InChI is InChI=1S/C17H14N8O4/c26-24(27)14-5-1-12(2-6-14)10-18-20-16-9-17(23-22-16)21-19-11-13-3-7-15(8-4-13)25(28)29/h1-11H,(H3,20,21,22,23)/b18-10+,19-11+. The summed E-state index contributed by atoms with van der Waals surface area (Å²) in [5, 5.41) is 35.9. The second kappa shape index (κ2) is 8.85. The molecule has 0 spiro atoms. The molecule has 3 N–H and O–H groups in total. The van der Waals surface area contributed by atoms with Crippen molar-refractivity contribution in [3.8, 4) is 0 Å². The van der Waals surface area contributed by atoms with Crippen LogP contribution >= 0.6 is 0 Å². The number of hydrogen-bond acceptors (Lipinski definition) is 9. The summed E-state index contributed by atoms with van der Waals surface area (Å²) in [5.41, 5.74) is 6.84.